The minimum absolute atomic E-state index is 0.0529. The highest BCUT2D eigenvalue weighted by molar-refractivity contribution is 5.95. The van der Waals surface area contributed by atoms with Gasteiger partial charge in [0.2, 0.25) is 11.8 Å². The number of ether oxygens (including phenoxy) is 1. The summed E-state index contributed by atoms with van der Waals surface area (Å²) < 4.78 is 10.7. The molecule has 122 valence electrons. The van der Waals surface area contributed by atoms with Gasteiger partial charge in [-0.1, -0.05) is 12.2 Å². The Balaban J connectivity index is 1.84. The Hall–Kier alpha value is -2.63. The molecular formula is C17H22N4O2. The number of nitrogens with two attached hydrogens (primary N) is 1. The van der Waals surface area contributed by atoms with E-state index < -0.39 is 0 Å². The molecule has 0 spiro atoms. The summed E-state index contributed by atoms with van der Waals surface area (Å²) >= 11 is 0. The molecule has 2 aromatic rings. The SMILES string of the molecule is COc1ccc(C(=N)N)cc1/C=C/CCCCc1nnc(C)o1. The van der Waals surface area contributed by atoms with Crippen LogP contribution in [-0.2, 0) is 6.42 Å². The fourth-order valence-electron chi connectivity index (χ4n) is 2.22. The highest BCUT2D eigenvalue weighted by atomic mass is 16.5. The van der Waals surface area contributed by atoms with Crippen LogP contribution in [0.15, 0.2) is 28.7 Å². The van der Waals surface area contributed by atoms with Crippen LogP contribution in [-0.4, -0.2) is 23.1 Å². The van der Waals surface area contributed by atoms with Crippen LogP contribution in [0, 0.1) is 12.3 Å². The van der Waals surface area contributed by atoms with E-state index in [1.54, 1.807) is 20.1 Å². The zero-order valence-electron chi connectivity index (χ0n) is 13.5. The van der Waals surface area contributed by atoms with E-state index in [2.05, 4.69) is 16.3 Å². The zero-order chi connectivity index (χ0) is 16.7. The average Bonchev–Trinajstić information content (AvgIpc) is 2.95. The summed E-state index contributed by atoms with van der Waals surface area (Å²) in [5, 5.41) is 15.3. The Morgan fingerprint density at radius 2 is 2.17 bits per heavy atom. The van der Waals surface area contributed by atoms with Crippen LogP contribution in [0.5, 0.6) is 5.75 Å². The number of nitrogen functional groups attached to an aromatic ring is 1. The molecule has 0 aliphatic rings. The number of nitrogens with zero attached hydrogens (tertiary/aromatic N) is 2. The van der Waals surface area contributed by atoms with Gasteiger partial charge in [0.25, 0.3) is 0 Å². The summed E-state index contributed by atoms with van der Waals surface area (Å²) in [4.78, 5) is 0. The van der Waals surface area contributed by atoms with E-state index in [4.69, 9.17) is 20.3 Å². The smallest absolute Gasteiger partial charge is 0.216 e. The second-order valence-electron chi connectivity index (χ2n) is 5.23. The molecule has 0 aliphatic heterocycles. The lowest BCUT2D eigenvalue weighted by atomic mass is 10.1. The van der Waals surface area contributed by atoms with Crippen molar-refractivity contribution in [2.75, 3.05) is 7.11 Å². The molecule has 0 unspecified atom stereocenters. The number of aryl methyl sites for hydroxylation is 2. The zero-order valence-corrected chi connectivity index (χ0v) is 13.5. The highest BCUT2D eigenvalue weighted by Crippen LogP contribution is 2.21. The number of methoxy groups -OCH3 is 1. The normalized spacial score (nSPS) is 11.0. The first-order valence-electron chi connectivity index (χ1n) is 7.58. The summed E-state index contributed by atoms with van der Waals surface area (Å²) in [6.45, 7) is 1.79. The van der Waals surface area contributed by atoms with Gasteiger partial charge < -0.3 is 14.9 Å². The molecule has 0 aliphatic carbocycles. The summed E-state index contributed by atoms with van der Waals surface area (Å²) in [6.07, 6.45) is 7.88. The number of aromatic nitrogens is 2. The largest absolute Gasteiger partial charge is 0.496 e. The van der Waals surface area contributed by atoms with Gasteiger partial charge in [-0.25, -0.2) is 0 Å². The summed E-state index contributed by atoms with van der Waals surface area (Å²) in [5.74, 6) is 2.13. The van der Waals surface area contributed by atoms with Crippen molar-refractivity contribution >= 4 is 11.9 Å². The van der Waals surface area contributed by atoms with E-state index in [1.807, 2.05) is 18.2 Å². The predicted molar refractivity (Wildman–Crippen MR) is 89.6 cm³/mol. The third kappa shape index (κ3) is 4.95. The van der Waals surface area contributed by atoms with Crippen LogP contribution in [0.1, 0.15) is 42.2 Å². The molecule has 1 aromatic heterocycles. The predicted octanol–water partition coefficient (Wildman–Crippen LogP) is 3.10. The Kier molecular flexibility index (Phi) is 5.91. The number of unbranched alkanes of at least 4 members (excludes halogenated alkanes) is 2. The van der Waals surface area contributed by atoms with Gasteiger partial charge in [-0.3, -0.25) is 5.41 Å². The van der Waals surface area contributed by atoms with E-state index >= 15 is 0 Å². The van der Waals surface area contributed by atoms with Crippen molar-refractivity contribution in [2.45, 2.75) is 32.6 Å². The average molecular weight is 314 g/mol. The Morgan fingerprint density at radius 1 is 1.35 bits per heavy atom. The molecule has 0 atom stereocenters. The maximum absolute atomic E-state index is 7.50. The van der Waals surface area contributed by atoms with E-state index in [0.717, 1.165) is 37.0 Å². The van der Waals surface area contributed by atoms with E-state index in [-0.39, 0.29) is 5.84 Å². The monoisotopic (exact) mass is 314 g/mol. The minimum Gasteiger partial charge on any atom is -0.496 e. The number of rotatable bonds is 8. The van der Waals surface area contributed by atoms with Crippen LogP contribution in [0.3, 0.4) is 0 Å². The molecule has 0 amide bonds. The van der Waals surface area contributed by atoms with E-state index in [1.165, 1.54) is 0 Å². The van der Waals surface area contributed by atoms with Gasteiger partial charge in [0.05, 0.1) is 7.11 Å². The van der Waals surface area contributed by atoms with Crippen molar-refractivity contribution in [3.05, 3.63) is 47.2 Å². The van der Waals surface area contributed by atoms with Gasteiger partial charge >= 0.3 is 0 Å². The van der Waals surface area contributed by atoms with Gasteiger partial charge in [0.15, 0.2) is 0 Å². The lowest BCUT2D eigenvalue weighted by Crippen LogP contribution is -2.11. The van der Waals surface area contributed by atoms with Crippen LogP contribution >= 0.6 is 0 Å². The second-order valence-corrected chi connectivity index (χ2v) is 5.23. The van der Waals surface area contributed by atoms with Crippen LogP contribution < -0.4 is 10.5 Å². The molecule has 2 rings (SSSR count). The van der Waals surface area contributed by atoms with Crippen molar-refractivity contribution < 1.29 is 9.15 Å². The number of nitrogens with one attached hydrogen (secondary N) is 1. The van der Waals surface area contributed by atoms with E-state index in [9.17, 15) is 0 Å². The quantitative estimate of drug-likeness (QED) is 0.443. The van der Waals surface area contributed by atoms with Crippen LogP contribution in [0.2, 0.25) is 0 Å². The molecule has 6 nitrogen and oxygen atoms in total. The molecule has 6 heteroatoms. The van der Waals surface area contributed by atoms with Gasteiger partial charge in [-0.15, -0.1) is 10.2 Å². The van der Waals surface area contributed by atoms with Gasteiger partial charge in [-0.05, 0) is 37.5 Å². The number of hydrogen-bond acceptors (Lipinski definition) is 5. The maximum atomic E-state index is 7.50. The second kappa shape index (κ2) is 8.12. The van der Waals surface area contributed by atoms with Crippen LogP contribution in [0.25, 0.3) is 6.08 Å². The van der Waals surface area contributed by atoms with Crippen molar-refractivity contribution in [1.82, 2.24) is 10.2 Å². The van der Waals surface area contributed by atoms with Gasteiger partial charge in [0.1, 0.15) is 11.6 Å². The Bertz CT molecular complexity index is 692. The Morgan fingerprint density at radius 3 is 2.83 bits per heavy atom. The number of allylic oxidation sites excluding steroid dienone is 1. The summed E-state index contributed by atoms with van der Waals surface area (Å²) in [7, 11) is 1.63. The third-order valence-electron chi connectivity index (χ3n) is 3.42. The summed E-state index contributed by atoms with van der Waals surface area (Å²) in [6, 6.07) is 5.47. The maximum Gasteiger partial charge on any atom is 0.216 e. The number of amidine groups is 1. The van der Waals surface area contributed by atoms with Gasteiger partial charge in [0, 0.05) is 24.5 Å². The number of hydrogen-bond donors (Lipinski definition) is 2. The molecule has 0 radical (unpaired) electrons. The molecular weight excluding hydrogens is 292 g/mol. The number of benzene rings is 1. The summed E-state index contributed by atoms with van der Waals surface area (Å²) in [5.41, 5.74) is 7.14. The Labute approximate surface area is 135 Å². The lowest BCUT2D eigenvalue weighted by Gasteiger charge is -2.07. The first kappa shape index (κ1) is 16.7. The molecule has 0 saturated heterocycles. The molecule has 3 N–H and O–H groups in total. The highest BCUT2D eigenvalue weighted by Gasteiger charge is 2.04. The van der Waals surface area contributed by atoms with Crippen molar-refractivity contribution in [1.29, 1.82) is 5.41 Å². The topological polar surface area (TPSA) is 98.0 Å². The molecule has 1 aromatic carbocycles. The van der Waals surface area contributed by atoms with Crippen LogP contribution in [0.4, 0.5) is 0 Å². The van der Waals surface area contributed by atoms with Crippen molar-refractivity contribution in [3.63, 3.8) is 0 Å². The minimum atomic E-state index is 0.0529. The van der Waals surface area contributed by atoms with Gasteiger partial charge in [-0.2, -0.15) is 0 Å². The molecule has 0 saturated carbocycles. The van der Waals surface area contributed by atoms with Crippen molar-refractivity contribution in [3.8, 4) is 5.75 Å². The fraction of sp³-hybridized carbons (Fsp3) is 0.353. The molecule has 1 heterocycles. The standard InChI is InChI=1S/C17H22N4O2/c1-12-20-21-16(23-12)8-6-4-3-5-7-13-11-14(17(18)19)9-10-15(13)22-2/h5,7,9-11H,3-4,6,8H2,1-2H3,(H3,18,19)/b7-5+. The first-order chi connectivity index (χ1) is 11.1. The van der Waals surface area contributed by atoms with E-state index in [0.29, 0.717) is 17.3 Å². The van der Waals surface area contributed by atoms with Crippen molar-refractivity contribution in [2.24, 2.45) is 5.73 Å². The fourth-order valence-corrected chi connectivity index (χ4v) is 2.22. The lowest BCUT2D eigenvalue weighted by molar-refractivity contribution is 0.414. The molecule has 23 heavy (non-hydrogen) atoms. The molecule has 0 fully saturated rings. The molecule has 0 bridgehead atoms. The third-order valence-corrected chi connectivity index (χ3v) is 3.42. The first-order valence-corrected chi connectivity index (χ1v) is 7.58.